The van der Waals surface area contributed by atoms with Gasteiger partial charge in [-0.3, -0.25) is 4.79 Å². The summed E-state index contributed by atoms with van der Waals surface area (Å²) in [5, 5.41) is 13.6. The maximum absolute atomic E-state index is 11.4. The van der Waals surface area contributed by atoms with Crippen LogP contribution < -0.4 is 10.6 Å². The summed E-state index contributed by atoms with van der Waals surface area (Å²) in [4.78, 5) is 33.3. The summed E-state index contributed by atoms with van der Waals surface area (Å²) in [5.74, 6) is -2.12. The Bertz CT molecular complexity index is 306. The second-order valence-electron chi connectivity index (χ2n) is 3.92. The first kappa shape index (κ1) is 16.2. The van der Waals surface area contributed by atoms with Gasteiger partial charge in [-0.2, -0.15) is 0 Å². The van der Waals surface area contributed by atoms with Crippen molar-refractivity contribution in [1.82, 2.24) is 10.6 Å². The lowest BCUT2D eigenvalue weighted by molar-refractivity contribution is -0.143. The fourth-order valence-corrected chi connectivity index (χ4v) is 1.36. The number of carboxylic acid groups (broad SMARTS) is 1. The number of nitrogens with one attached hydrogen (secondary N) is 2. The molecule has 2 unspecified atom stereocenters. The minimum Gasteiger partial charge on any atom is -0.481 e. The van der Waals surface area contributed by atoms with E-state index in [2.05, 4.69) is 15.4 Å². The molecule has 0 radical (unpaired) electrons. The Morgan fingerprint density at radius 1 is 1.33 bits per heavy atom. The zero-order valence-corrected chi connectivity index (χ0v) is 10.9. The number of rotatable bonds is 7. The molecule has 0 aliphatic heterocycles. The van der Waals surface area contributed by atoms with Crippen LogP contribution in [0.4, 0.5) is 4.79 Å². The highest BCUT2D eigenvalue weighted by molar-refractivity contribution is 5.83. The Morgan fingerprint density at radius 3 is 2.39 bits per heavy atom. The normalized spacial score (nSPS) is 13.3. The highest BCUT2D eigenvalue weighted by Gasteiger charge is 2.19. The van der Waals surface area contributed by atoms with E-state index in [0.717, 1.165) is 6.42 Å². The highest BCUT2D eigenvalue weighted by atomic mass is 16.5. The summed E-state index contributed by atoms with van der Waals surface area (Å²) in [6.07, 6.45) is 1.21. The number of hydrogen-bond donors (Lipinski definition) is 3. The third-order valence-electron chi connectivity index (χ3n) is 2.40. The molecule has 0 aromatic heterocycles. The van der Waals surface area contributed by atoms with Gasteiger partial charge in [0.2, 0.25) is 0 Å². The number of hydrogen-bond acceptors (Lipinski definition) is 4. The predicted octanol–water partition coefficient (Wildman–Crippen LogP) is 0.348. The van der Waals surface area contributed by atoms with E-state index < -0.39 is 29.9 Å². The van der Waals surface area contributed by atoms with E-state index in [-0.39, 0.29) is 6.54 Å². The molecule has 0 aliphatic carbocycles. The van der Waals surface area contributed by atoms with Crippen LogP contribution in [-0.2, 0) is 14.3 Å². The maximum atomic E-state index is 11.4. The molecule has 18 heavy (non-hydrogen) atoms. The third-order valence-corrected chi connectivity index (χ3v) is 2.40. The van der Waals surface area contributed by atoms with Crippen molar-refractivity contribution in [2.45, 2.75) is 32.7 Å². The molecular weight excluding hydrogens is 240 g/mol. The number of esters is 1. The first-order valence-corrected chi connectivity index (χ1v) is 5.77. The predicted molar refractivity (Wildman–Crippen MR) is 64.0 cm³/mol. The standard InChI is InChI=1S/C11H20N2O5/c1-4-5-8(9(14)15)6-12-11(17)13-7(2)10(16)18-3/h7-8H,4-6H2,1-3H3,(H,14,15)(H2,12,13,17). The minimum atomic E-state index is -0.946. The number of carbonyl (C=O) groups is 3. The van der Waals surface area contributed by atoms with Crippen LogP contribution in [-0.4, -0.2) is 42.8 Å². The molecule has 0 aromatic carbocycles. The lowest BCUT2D eigenvalue weighted by Gasteiger charge is -2.15. The van der Waals surface area contributed by atoms with Gasteiger partial charge in [-0.1, -0.05) is 13.3 Å². The number of aliphatic carboxylic acids is 1. The van der Waals surface area contributed by atoms with Gasteiger partial charge < -0.3 is 20.5 Å². The molecular formula is C11H20N2O5. The molecule has 3 N–H and O–H groups in total. The summed E-state index contributed by atoms with van der Waals surface area (Å²) in [7, 11) is 1.22. The molecule has 2 atom stereocenters. The van der Waals surface area contributed by atoms with E-state index in [4.69, 9.17) is 5.11 Å². The molecule has 0 saturated heterocycles. The zero-order valence-electron chi connectivity index (χ0n) is 10.9. The van der Waals surface area contributed by atoms with Gasteiger partial charge in [-0.05, 0) is 13.3 Å². The van der Waals surface area contributed by atoms with E-state index in [1.54, 1.807) is 0 Å². The molecule has 7 heteroatoms. The molecule has 2 amide bonds. The first-order valence-electron chi connectivity index (χ1n) is 5.77. The molecule has 0 aromatic rings. The molecule has 7 nitrogen and oxygen atoms in total. The average Bonchev–Trinajstić information content (AvgIpc) is 2.32. The maximum Gasteiger partial charge on any atom is 0.328 e. The monoisotopic (exact) mass is 260 g/mol. The summed E-state index contributed by atoms with van der Waals surface area (Å²) >= 11 is 0. The molecule has 0 aliphatic rings. The average molecular weight is 260 g/mol. The van der Waals surface area contributed by atoms with Crippen molar-refractivity contribution in [1.29, 1.82) is 0 Å². The van der Waals surface area contributed by atoms with Gasteiger partial charge in [0.1, 0.15) is 6.04 Å². The summed E-state index contributed by atoms with van der Waals surface area (Å²) in [6, 6.07) is -1.36. The van der Waals surface area contributed by atoms with Gasteiger partial charge in [0.15, 0.2) is 0 Å². The van der Waals surface area contributed by atoms with Crippen LogP contribution in [0.1, 0.15) is 26.7 Å². The Kier molecular flexibility index (Phi) is 7.50. The van der Waals surface area contributed by atoms with Crippen LogP contribution >= 0.6 is 0 Å². The SMILES string of the molecule is CCCC(CNC(=O)NC(C)C(=O)OC)C(=O)O. The van der Waals surface area contributed by atoms with E-state index in [1.165, 1.54) is 14.0 Å². The Morgan fingerprint density at radius 2 is 1.94 bits per heavy atom. The van der Waals surface area contributed by atoms with Crippen LogP contribution in [0.25, 0.3) is 0 Å². The van der Waals surface area contributed by atoms with Crippen LogP contribution in [0.3, 0.4) is 0 Å². The molecule has 0 heterocycles. The summed E-state index contributed by atoms with van der Waals surface area (Å²) in [5.41, 5.74) is 0. The Labute approximate surface area is 106 Å². The molecule has 0 rings (SSSR count). The highest BCUT2D eigenvalue weighted by Crippen LogP contribution is 2.04. The van der Waals surface area contributed by atoms with Gasteiger partial charge in [0.05, 0.1) is 13.0 Å². The van der Waals surface area contributed by atoms with Gasteiger partial charge >= 0.3 is 18.0 Å². The quantitative estimate of drug-likeness (QED) is 0.573. The van der Waals surface area contributed by atoms with Gasteiger partial charge in [-0.15, -0.1) is 0 Å². The summed E-state index contributed by atoms with van der Waals surface area (Å²) in [6.45, 7) is 3.38. The van der Waals surface area contributed by atoms with Crippen LogP contribution in [0.5, 0.6) is 0 Å². The lowest BCUT2D eigenvalue weighted by atomic mass is 10.0. The van der Waals surface area contributed by atoms with Crippen LogP contribution in [0.15, 0.2) is 0 Å². The number of carbonyl (C=O) groups excluding carboxylic acids is 2. The zero-order chi connectivity index (χ0) is 14.1. The van der Waals surface area contributed by atoms with E-state index >= 15 is 0 Å². The number of amides is 2. The topological polar surface area (TPSA) is 105 Å². The van der Waals surface area contributed by atoms with Gasteiger partial charge in [0.25, 0.3) is 0 Å². The fourth-order valence-electron chi connectivity index (χ4n) is 1.36. The smallest absolute Gasteiger partial charge is 0.328 e. The molecule has 0 fully saturated rings. The second kappa shape index (κ2) is 8.32. The van der Waals surface area contributed by atoms with Crippen molar-refractivity contribution >= 4 is 18.0 Å². The van der Waals surface area contributed by atoms with Crippen molar-refractivity contribution in [3.8, 4) is 0 Å². The number of methoxy groups -OCH3 is 1. The third kappa shape index (κ3) is 6.07. The number of carboxylic acids is 1. The van der Waals surface area contributed by atoms with Crippen molar-refractivity contribution < 1.29 is 24.2 Å². The molecule has 104 valence electrons. The molecule has 0 saturated carbocycles. The van der Waals surface area contributed by atoms with E-state index in [0.29, 0.717) is 6.42 Å². The second-order valence-corrected chi connectivity index (χ2v) is 3.92. The van der Waals surface area contributed by atoms with Gasteiger partial charge in [-0.25, -0.2) is 9.59 Å². The Hall–Kier alpha value is -1.79. The number of urea groups is 1. The van der Waals surface area contributed by atoms with E-state index in [9.17, 15) is 14.4 Å². The van der Waals surface area contributed by atoms with Crippen LogP contribution in [0.2, 0.25) is 0 Å². The van der Waals surface area contributed by atoms with Crippen LogP contribution in [0, 0.1) is 5.92 Å². The van der Waals surface area contributed by atoms with E-state index in [1.807, 2.05) is 6.92 Å². The molecule has 0 bridgehead atoms. The first-order chi connectivity index (χ1) is 8.42. The molecule has 0 spiro atoms. The fraction of sp³-hybridized carbons (Fsp3) is 0.727. The van der Waals surface area contributed by atoms with Crippen molar-refractivity contribution in [3.63, 3.8) is 0 Å². The summed E-state index contributed by atoms with van der Waals surface area (Å²) < 4.78 is 4.44. The van der Waals surface area contributed by atoms with Gasteiger partial charge in [0, 0.05) is 6.54 Å². The number of ether oxygens (including phenoxy) is 1. The lowest BCUT2D eigenvalue weighted by Crippen LogP contribution is -2.46. The largest absolute Gasteiger partial charge is 0.481 e. The Balaban J connectivity index is 4.08. The van der Waals surface area contributed by atoms with Crippen molar-refractivity contribution in [2.75, 3.05) is 13.7 Å². The minimum absolute atomic E-state index is 0.0307. The van der Waals surface area contributed by atoms with Crippen molar-refractivity contribution in [2.24, 2.45) is 5.92 Å². The van der Waals surface area contributed by atoms with Crippen molar-refractivity contribution in [3.05, 3.63) is 0 Å².